The van der Waals surface area contributed by atoms with Crippen molar-refractivity contribution in [2.75, 3.05) is 0 Å². The molecule has 0 bridgehead atoms. The van der Waals surface area contributed by atoms with Crippen molar-refractivity contribution in [3.05, 3.63) is 41.1 Å². The van der Waals surface area contributed by atoms with Crippen LogP contribution in [0.4, 0.5) is 0 Å². The van der Waals surface area contributed by atoms with Crippen LogP contribution in [0, 0.1) is 0 Å². The highest BCUT2D eigenvalue weighted by Gasteiger charge is 2.11. The van der Waals surface area contributed by atoms with E-state index in [-0.39, 0.29) is 30.6 Å². The second kappa shape index (κ2) is 6.49. The number of hydrogen-bond donors (Lipinski definition) is 1. The largest absolute Gasteiger partial charge is 0.475 e. The smallest absolute Gasteiger partial charge is 0.374 e. The van der Waals surface area contributed by atoms with Gasteiger partial charge >= 0.3 is 5.97 Å². The predicted molar refractivity (Wildman–Crippen MR) is 68.4 cm³/mol. The molecule has 0 fully saturated rings. The molecule has 1 aromatic carbocycles. The SMILES string of the molecule is Cl.Cl.O=C(O)c1cc(-c2ccc(Cl)cc2)no1. The molecule has 17 heavy (non-hydrogen) atoms. The van der Waals surface area contributed by atoms with Gasteiger partial charge in [-0.2, -0.15) is 0 Å². The molecule has 0 spiro atoms. The molecule has 0 aliphatic heterocycles. The summed E-state index contributed by atoms with van der Waals surface area (Å²) in [5.41, 5.74) is 1.24. The highest BCUT2D eigenvalue weighted by Crippen LogP contribution is 2.21. The van der Waals surface area contributed by atoms with E-state index in [2.05, 4.69) is 9.68 Å². The number of carboxylic acids is 1. The lowest BCUT2D eigenvalue weighted by atomic mass is 10.1. The van der Waals surface area contributed by atoms with Crippen LogP contribution >= 0.6 is 36.4 Å². The maximum absolute atomic E-state index is 10.5. The molecule has 1 N–H and O–H groups in total. The topological polar surface area (TPSA) is 63.3 Å². The second-order valence-electron chi connectivity index (χ2n) is 2.89. The van der Waals surface area contributed by atoms with Crippen LogP contribution in [0.5, 0.6) is 0 Å². The summed E-state index contributed by atoms with van der Waals surface area (Å²) >= 11 is 5.72. The number of carboxylic acid groups (broad SMARTS) is 1. The normalized spacial score (nSPS) is 9.00. The molecule has 2 aromatic rings. The van der Waals surface area contributed by atoms with Crippen LogP contribution in [-0.4, -0.2) is 16.2 Å². The van der Waals surface area contributed by atoms with Gasteiger partial charge in [0.1, 0.15) is 5.69 Å². The average Bonchev–Trinajstić information content (AvgIpc) is 2.68. The quantitative estimate of drug-likeness (QED) is 0.920. The van der Waals surface area contributed by atoms with Gasteiger partial charge in [0.05, 0.1) is 0 Å². The minimum Gasteiger partial charge on any atom is -0.475 e. The molecule has 4 nitrogen and oxygen atoms in total. The maximum atomic E-state index is 10.5. The number of nitrogens with zero attached hydrogens (tertiary/aromatic N) is 1. The van der Waals surface area contributed by atoms with E-state index in [4.69, 9.17) is 16.7 Å². The van der Waals surface area contributed by atoms with Crippen molar-refractivity contribution in [3.63, 3.8) is 0 Å². The third kappa shape index (κ3) is 3.63. The summed E-state index contributed by atoms with van der Waals surface area (Å²) in [4.78, 5) is 10.5. The Bertz CT molecular complexity index is 496. The Hall–Kier alpha value is -1.23. The van der Waals surface area contributed by atoms with Crippen LogP contribution in [0.1, 0.15) is 10.6 Å². The van der Waals surface area contributed by atoms with E-state index in [9.17, 15) is 4.79 Å². The van der Waals surface area contributed by atoms with Gasteiger partial charge in [0, 0.05) is 16.7 Å². The Labute approximate surface area is 114 Å². The molecule has 7 heteroatoms. The van der Waals surface area contributed by atoms with Crippen molar-refractivity contribution in [3.8, 4) is 11.3 Å². The van der Waals surface area contributed by atoms with Crippen LogP contribution in [0.3, 0.4) is 0 Å². The molecule has 1 aromatic heterocycles. The summed E-state index contributed by atoms with van der Waals surface area (Å²) in [5, 5.41) is 12.9. The van der Waals surface area contributed by atoms with E-state index in [1.54, 1.807) is 24.3 Å². The Morgan fingerprint density at radius 1 is 1.24 bits per heavy atom. The zero-order chi connectivity index (χ0) is 10.8. The number of aromatic carboxylic acids is 1. The molecule has 0 saturated heterocycles. The fraction of sp³-hybridized carbons (Fsp3) is 0. The van der Waals surface area contributed by atoms with Gasteiger partial charge in [-0.1, -0.05) is 28.9 Å². The predicted octanol–water partition coefficient (Wildman–Crippen LogP) is 3.54. The van der Waals surface area contributed by atoms with Gasteiger partial charge < -0.3 is 9.63 Å². The highest BCUT2D eigenvalue weighted by atomic mass is 35.5. The number of carbonyl (C=O) groups is 1. The Morgan fingerprint density at radius 3 is 2.29 bits per heavy atom. The van der Waals surface area contributed by atoms with Crippen molar-refractivity contribution in [1.29, 1.82) is 0 Å². The van der Waals surface area contributed by atoms with E-state index in [0.29, 0.717) is 10.7 Å². The van der Waals surface area contributed by atoms with Gasteiger partial charge in [-0.3, -0.25) is 0 Å². The Balaban J connectivity index is 0.00000128. The van der Waals surface area contributed by atoms with Crippen LogP contribution in [0.25, 0.3) is 11.3 Å². The van der Waals surface area contributed by atoms with Gasteiger partial charge in [-0.25, -0.2) is 4.79 Å². The minimum absolute atomic E-state index is 0. The van der Waals surface area contributed by atoms with Crippen LogP contribution in [-0.2, 0) is 0 Å². The van der Waals surface area contributed by atoms with Crippen LogP contribution in [0.2, 0.25) is 5.02 Å². The van der Waals surface area contributed by atoms with Crippen molar-refractivity contribution >= 4 is 42.4 Å². The highest BCUT2D eigenvalue weighted by molar-refractivity contribution is 6.30. The van der Waals surface area contributed by atoms with Gasteiger partial charge in [0.15, 0.2) is 0 Å². The molecule has 0 aliphatic rings. The monoisotopic (exact) mass is 295 g/mol. The Kier molecular flexibility index (Phi) is 6.02. The molecule has 92 valence electrons. The zero-order valence-electron chi connectivity index (χ0n) is 8.29. The van der Waals surface area contributed by atoms with Gasteiger partial charge in [0.2, 0.25) is 5.76 Å². The summed E-state index contributed by atoms with van der Waals surface area (Å²) < 4.78 is 4.63. The molecule has 2 rings (SSSR count). The zero-order valence-corrected chi connectivity index (χ0v) is 10.7. The van der Waals surface area contributed by atoms with Crippen molar-refractivity contribution in [1.82, 2.24) is 5.16 Å². The fourth-order valence-corrected chi connectivity index (χ4v) is 1.26. The first-order chi connectivity index (χ1) is 7.16. The van der Waals surface area contributed by atoms with Crippen LogP contribution < -0.4 is 0 Å². The van der Waals surface area contributed by atoms with E-state index in [1.807, 2.05) is 0 Å². The van der Waals surface area contributed by atoms with Crippen LogP contribution in [0.15, 0.2) is 34.9 Å². The standard InChI is InChI=1S/C10H6ClNO3.2ClH/c11-7-3-1-6(2-4-7)8-5-9(10(13)14)15-12-8;;/h1-5H,(H,13,14);2*1H. The average molecular weight is 297 g/mol. The number of rotatable bonds is 2. The molecule has 0 saturated carbocycles. The molecule has 0 aliphatic carbocycles. The minimum atomic E-state index is -1.14. The summed E-state index contributed by atoms with van der Waals surface area (Å²) in [6.45, 7) is 0. The van der Waals surface area contributed by atoms with Gasteiger partial charge in [-0.15, -0.1) is 24.8 Å². The number of halogens is 3. The van der Waals surface area contributed by atoms with Gasteiger partial charge in [-0.05, 0) is 12.1 Å². The van der Waals surface area contributed by atoms with Crippen molar-refractivity contribution < 1.29 is 14.4 Å². The maximum Gasteiger partial charge on any atom is 0.374 e. The summed E-state index contributed by atoms with van der Waals surface area (Å²) in [6.07, 6.45) is 0. The molecule has 0 radical (unpaired) electrons. The van der Waals surface area contributed by atoms with E-state index in [1.165, 1.54) is 6.07 Å². The second-order valence-corrected chi connectivity index (χ2v) is 3.32. The lowest BCUT2D eigenvalue weighted by Crippen LogP contribution is -1.91. The summed E-state index contributed by atoms with van der Waals surface area (Å²) in [7, 11) is 0. The first kappa shape index (κ1) is 15.8. The van der Waals surface area contributed by atoms with Crippen molar-refractivity contribution in [2.45, 2.75) is 0 Å². The van der Waals surface area contributed by atoms with E-state index < -0.39 is 5.97 Å². The fourth-order valence-electron chi connectivity index (χ4n) is 1.13. The summed E-state index contributed by atoms with van der Waals surface area (Å²) in [6, 6.07) is 8.25. The molecule has 0 unspecified atom stereocenters. The molecule has 1 heterocycles. The molecular formula is C10H8Cl3NO3. The lowest BCUT2D eigenvalue weighted by molar-refractivity contribution is 0.0652. The third-order valence-electron chi connectivity index (χ3n) is 1.86. The lowest BCUT2D eigenvalue weighted by Gasteiger charge is -1.93. The Morgan fingerprint density at radius 2 is 1.82 bits per heavy atom. The molecular weight excluding hydrogens is 288 g/mol. The van der Waals surface area contributed by atoms with E-state index in [0.717, 1.165) is 5.56 Å². The summed E-state index contributed by atoms with van der Waals surface area (Å²) in [5.74, 6) is -1.32. The molecule has 0 atom stereocenters. The number of aromatic nitrogens is 1. The first-order valence-corrected chi connectivity index (χ1v) is 4.50. The van der Waals surface area contributed by atoms with Crippen molar-refractivity contribution in [2.24, 2.45) is 0 Å². The van der Waals surface area contributed by atoms with E-state index >= 15 is 0 Å². The van der Waals surface area contributed by atoms with Gasteiger partial charge in [0.25, 0.3) is 0 Å². The first-order valence-electron chi connectivity index (χ1n) is 4.13. The number of benzene rings is 1. The third-order valence-corrected chi connectivity index (χ3v) is 2.11. The molecule has 0 amide bonds. The number of hydrogen-bond acceptors (Lipinski definition) is 3.